The van der Waals surface area contributed by atoms with Gasteiger partial charge in [-0.3, -0.25) is 9.59 Å². The predicted molar refractivity (Wildman–Crippen MR) is 90.8 cm³/mol. The van der Waals surface area contributed by atoms with E-state index in [-0.39, 0.29) is 11.8 Å². The molecule has 0 saturated carbocycles. The summed E-state index contributed by atoms with van der Waals surface area (Å²) in [6, 6.07) is 16.1. The molecule has 1 saturated heterocycles. The number of benzene rings is 2. The van der Waals surface area contributed by atoms with E-state index >= 15 is 0 Å². The SMILES string of the molecule is O=C1CSCC(C(=O)Nc2ccc(Oc3ccccc3)cc2)N1. The van der Waals surface area contributed by atoms with E-state index in [0.29, 0.717) is 22.9 Å². The number of para-hydroxylation sites is 1. The van der Waals surface area contributed by atoms with Gasteiger partial charge in [-0.15, -0.1) is 11.8 Å². The number of carbonyl (C=O) groups is 2. The van der Waals surface area contributed by atoms with E-state index in [2.05, 4.69) is 10.6 Å². The van der Waals surface area contributed by atoms with E-state index in [1.165, 1.54) is 11.8 Å². The summed E-state index contributed by atoms with van der Waals surface area (Å²) in [4.78, 5) is 23.4. The van der Waals surface area contributed by atoms with E-state index in [9.17, 15) is 9.59 Å². The molecule has 1 fully saturated rings. The normalized spacial score (nSPS) is 17.2. The number of thioether (sulfide) groups is 1. The van der Waals surface area contributed by atoms with Crippen LogP contribution in [0.5, 0.6) is 11.5 Å². The number of nitrogens with one attached hydrogen (secondary N) is 2. The lowest BCUT2D eigenvalue weighted by atomic mass is 10.2. The third-order valence-electron chi connectivity index (χ3n) is 3.27. The van der Waals surface area contributed by atoms with Crippen molar-refractivity contribution < 1.29 is 14.3 Å². The summed E-state index contributed by atoms with van der Waals surface area (Å²) in [5.41, 5.74) is 0.667. The van der Waals surface area contributed by atoms with Gasteiger partial charge in [0.25, 0.3) is 0 Å². The number of hydrogen-bond donors (Lipinski definition) is 2. The average molecular weight is 328 g/mol. The number of amides is 2. The molecule has 2 aromatic carbocycles. The molecule has 5 nitrogen and oxygen atoms in total. The molecule has 1 aliphatic heterocycles. The van der Waals surface area contributed by atoms with Gasteiger partial charge in [-0.2, -0.15) is 0 Å². The standard InChI is InChI=1S/C17H16N2O3S/c20-16-11-23-10-15(19-16)17(21)18-12-6-8-14(9-7-12)22-13-4-2-1-3-5-13/h1-9,15H,10-11H2,(H,18,21)(H,19,20). The second kappa shape index (κ2) is 7.19. The fraction of sp³-hybridized carbons (Fsp3) is 0.176. The molecule has 118 valence electrons. The lowest BCUT2D eigenvalue weighted by molar-refractivity contribution is -0.124. The summed E-state index contributed by atoms with van der Waals surface area (Å²) in [7, 11) is 0. The van der Waals surface area contributed by atoms with Crippen molar-refractivity contribution in [2.75, 3.05) is 16.8 Å². The summed E-state index contributed by atoms with van der Waals surface area (Å²) in [6.07, 6.45) is 0. The Labute approximate surface area is 138 Å². The molecule has 2 amide bonds. The van der Waals surface area contributed by atoms with E-state index in [1.807, 2.05) is 30.3 Å². The van der Waals surface area contributed by atoms with Gasteiger partial charge in [0, 0.05) is 11.4 Å². The topological polar surface area (TPSA) is 67.4 Å². The van der Waals surface area contributed by atoms with Gasteiger partial charge >= 0.3 is 0 Å². The molecule has 2 N–H and O–H groups in total. The summed E-state index contributed by atoms with van der Waals surface area (Å²) >= 11 is 1.46. The molecule has 0 spiro atoms. The van der Waals surface area contributed by atoms with Crippen LogP contribution in [0.25, 0.3) is 0 Å². The van der Waals surface area contributed by atoms with Crippen LogP contribution < -0.4 is 15.4 Å². The number of hydrogen-bond acceptors (Lipinski definition) is 4. The zero-order valence-electron chi connectivity index (χ0n) is 12.3. The number of rotatable bonds is 4. The molecule has 1 aliphatic rings. The monoisotopic (exact) mass is 328 g/mol. The van der Waals surface area contributed by atoms with Crippen molar-refractivity contribution >= 4 is 29.3 Å². The highest BCUT2D eigenvalue weighted by molar-refractivity contribution is 8.00. The Hall–Kier alpha value is -2.47. The molecule has 2 aromatic rings. The second-order valence-corrected chi connectivity index (χ2v) is 6.09. The van der Waals surface area contributed by atoms with Gasteiger partial charge in [-0.1, -0.05) is 18.2 Å². The molecule has 1 heterocycles. The van der Waals surface area contributed by atoms with Crippen molar-refractivity contribution in [1.29, 1.82) is 0 Å². The van der Waals surface area contributed by atoms with Gasteiger partial charge in [-0.05, 0) is 36.4 Å². The van der Waals surface area contributed by atoms with E-state index in [0.717, 1.165) is 5.75 Å². The molecule has 23 heavy (non-hydrogen) atoms. The van der Waals surface area contributed by atoms with Gasteiger partial charge in [0.15, 0.2) is 0 Å². The first kappa shape index (κ1) is 15.4. The maximum Gasteiger partial charge on any atom is 0.247 e. The molecule has 0 aliphatic carbocycles. The quantitative estimate of drug-likeness (QED) is 0.905. The van der Waals surface area contributed by atoms with Gasteiger partial charge in [0.1, 0.15) is 17.5 Å². The highest BCUT2D eigenvalue weighted by Crippen LogP contribution is 2.22. The second-order valence-electron chi connectivity index (χ2n) is 5.06. The van der Waals surface area contributed by atoms with Crippen molar-refractivity contribution in [2.24, 2.45) is 0 Å². The highest BCUT2D eigenvalue weighted by atomic mass is 32.2. The van der Waals surface area contributed by atoms with Crippen LogP contribution in [-0.2, 0) is 9.59 Å². The summed E-state index contributed by atoms with van der Waals surface area (Å²) < 4.78 is 5.70. The zero-order valence-corrected chi connectivity index (χ0v) is 13.1. The third-order valence-corrected chi connectivity index (χ3v) is 4.31. The van der Waals surface area contributed by atoms with Gasteiger partial charge in [-0.25, -0.2) is 0 Å². The fourth-order valence-corrected chi connectivity index (χ4v) is 3.01. The first-order chi connectivity index (χ1) is 11.2. The lowest BCUT2D eigenvalue weighted by Gasteiger charge is -2.22. The third kappa shape index (κ3) is 4.26. The van der Waals surface area contributed by atoms with Crippen LogP contribution in [0.4, 0.5) is 5.69 Å². The largest absolute Gasteiger partial charge is 0.457 e. The van der Waals surface area contributed by atoms with E-state index in [4.69, 9.17) is 4.74 Å². The van der Waals surface area contributed by atoms with Crippen LogP contribution in [0.15, 0.2) is 54.6 Å². The van der Waals surface area contributed by atoms with Crippen molar-refractivity contribution in [3.05, 3.63) is 54.6 Å². The fourth-order valence-electron chi connectivity index (χ4n) is 2.15. The molecule has 3 rings (SSSR count). The summed E-state index contributed by atoms with van der Waals surface area (Å²) in [6.45, 7) is 0. The minimum Gasteiger partial charge on any atom is -0.457 e. The molecule has 1 unspecified atom stereocenters. The van der Waals surface area contributed by atoms with Crippen molar-refractivity contribution in [2.45, 2.75) is 6.04 Å². The van der Waals surface area contributed by atoms with Gasteiger partial charge < -0.3 is 15.4 Å². The Morgan fingerprint density at radius 1 is 1.09 bits per heavy atom. The van der Waals surface area contributed by atoms with Gasteiger partial charge in [0.05, 0.1) is 5.75 Å². The van der Waals surface area contributed by atoms with Crippen LogP contribution in [-0.4, -0.2) is 29.4 Å². The van der Waals surface area contributed by atoms with Crippen LogP contribution in [0.3, 0.4) is 0 Å². The van der Waals surface area contributed by atoms with Crippen molar-refractivity contribution in [3.8, 4) is 11.5 Å². The first-order valence-electron chi connectivity index (χ1n) is 7.22. The Kier molecular flexibility index (Phi) is 4.83. The molecule has 0 bridgehead atoms. The van der Waals surface area contributed by atoms with Crippen molar-refractivity contribution in [3.63, 3.8) is 0 Å². The summed E-state index contributed by atoms with van der Waals surface area (Å²) in [5.74, 6) is 2.14. The Morgan fingerprint density at radius 2 is 1.78 bits per heavy atom. The minimum absolute atomic E-state index is 0.104. The summed E-state index contributed by atoms with van der Waals surface area (Å²) in [5, 5.41) is 5.48. The van der Waals surface area contributed by atoms with Crippen LogP contribution >= 0.6 is 11.8 Å². The maximum absolute atomic E-state index is 12.1. The smallest absolute Gasteiger partial charge is 0.247 e. The molecule has 6 heteroatoms. The zero-order chi connectivity index (χ0) is 16.1. The maximum atomic E-state index is 12.1. The predicted octanol–water partition coefficient (Wildman–Crippen LogP) is 2.65. The molecule has 1 atom stereocenters. The van der Waals surface area contributed by atoms with E-state index < -0.39 is 6.04 Å². The average Bonchev–Trinajstić information content (AvgIpc) is 2.57. The molecule has 0 aromatic heterocycles. The first-order valence-corrected chi connectivity index (χ1v) is 8.37. The molecular formula is C17H16N2O3S. The number of anilines is 1. The molecule has 0 radical (unpaired) electrons. The van der Waals surface area contributed by atoms with Crippen LogP contribution in [0, 0.1) is 0 Å². The number of carbonyl (C=O) groups excluding carboxylic acids is 2. The highest BCUT2D eigenvalue weighted by Gasteiger charge is 2.24. The minimum atomic E-state index is -0.485. The van der Waals surface area contributed by atoms with Crippen molar-refractivity contribution in [1.82, 2.24) is 5.32 Å². The van der Waals surface area contributed by atoms with Crippen LogP contribution in [0.1, 0.15) is 0 Å². The van der Waals surface area contributed by atoms with Crippen LogP contribution in [0.2, 0.25) is 0 Å². The van der Waals surface area contributed by atoms with Gasteiger partial charge in [0.2, 0.25) is 11.8 Å². The Bertz CT molecular complexity index is 689. The Balaban J connectivity index is 1.59. The lowest BCUT2D eigenvalue weighted by Crippen LogP contribution is -2.49. The van der Waals surface area contributed by atoms with E-state index in [1.54, 1.807) is 24.3 Å². The molecular weight excluding hydrogens is 312 g/mol. The Morgan fingerprint density at radius 3 is 2.48 bits per heavy atom. The number of ether oxygens (including phenoxy) is 1.